The summed E-state index contributed by atoms with van der Waals surface area (Å²) in [6.07, 6.45) is 5.37. The van der Waals surface area contributed by atoms with Gasteiger partial charge in [0.25, 0.3) is 5.91 Å². The molecule has 1 aromatic heterocycles. The predicted octanol–water partition coefficient (Wildman–Crippen LogP) is 2.81. The number of amides is 1. The molecule has 0 aliphatic carbocycles. The molecule has 27 heavy (non-hydrogen) atoms. The third-order valence-corrected chi connectivity index (χ3v) is 4.83. The zero-order valence-electron chi connectivity index (χ0n) is 15.9. The minimum Gasteiger partial charge on any atom is -0.366 e. The molecule has 7 heteroatoms. The first kappa shape index (κ1) is 19.1. The average Bonchev–Trinajstić information content (AvgIpc) is 2.72. The number of hydrogen-bond acceptors (Lipinski definition) is 5. The largest absolute Gasteiger partial charge is 0.366 e. The minimum atomic E-state index is -0.228. The summed E-state index contributed by atoms with van der Waals surface area (Å²) < 4.78 is 13.9. The number of nitrogens with zero attached hydrogens (tertiary/aromatic N) is 5. The van der Waals surface area contributed by atoms with E-state index in [1.807, 2.05) is 22.9 Å². The van der Waals surface area contributed by atoms with Gasteiger partial charge in [0, 0.05) is 52.2 Å². The first-order valence-electron chi connectivity index (χ1n) is 9.42. The van der Waals surface area contributed by atoms with E-state index in [1.165, 1.54) is 6.07 Å². The lowest BCUT2D eigenvalue weighted by Gasteiger charge is -2.36. The molecule has 1 aromatic carbocycles. The van der Waals surface area contributed by atoms with Crippen LogP contribution in [0.2, 0.25) is 0 Å². The highest BCUT2D eigenvalue weighted by Gasteiger charge is 2.24. The Bertz CT molecular complexity index is 759. The molecule has 2 aromatic rings. The summed E-state index contributed by atoms with van der Waals surface area (Å²) in [5.41, 5.74) is 1.08. The molecule has 0 saturated carbocycles. The third-order valence-electron chi connectivity index (χ3n) is 4.83. The zero-order valence-corrected chi connectivity index (χ0v) is 15.9. The molecule has 144 valence electrons. The number of halogens is 1. The highest BCUT2D eigenvalue weighted by atomic mass is 19.1. The zero-order chi connectivity index (χ0) is 19.2. The molecule has 1 saturated heterocycles. The summed E-state index contributed by atoms with van der Waals surface area (Å²) in [5, 5.41) is 0. The lowest BCUT2D eigenvalue weighted by Crippen LogP contribution is -2.49. The van der Waals surface area contributed by atoms with Gasteiger partial charge in [0.05, 0.1) is 11.3 Å². The molecule has 1 amide bonds. The van der Waals surface area contributed by atoms with E-state index < -0.39 is 0 Å². The Balaban J connectivity index is 1.58. The molecule has 6 nitrogen and oxygen atoms in total. The van der Waals surface area contributed by atoms with Crippen molar-refractivity contribution in [3.63, 3.8) is 0 Å². The van der Waals surface area contributed by atoms with Crippen molar-refractivity contribution < 1.29 is 9.18 Å². The molecule has 1 aliphatic heterocycles. The molecule has 1 fully saturated rings. The van der Waals surface area contributed by atoms with E-state index in [9.17, 15) is 9.18 Å². The molecular formula is C20H26FN5O. The van der Waals surface area contributed by atoms with Gasteiger partial charge < -0.3 is 14.7 Å². The van der Waals surface area contributed by atoms with Crippen molar-refractivity contribution in [3.8, 4) is 0 Å². The lowest BCUT2D eigenvalue weighted by molar-refractivity contribution is 0.0746. The summed E-state index contributed by atoms with van der Waals surface area (Å²) in [4.78, 5) is 27.1. The number of anilines is 2. The first-order chi connectivity index (χ1) is 13.1. The van der Waals surface area contributed by atoms with Crippen molar-refractivity contribution in [2.24, 2.45) is 0 Å². The summed E-state index contributed by atoms with van der Waals surface area (Å²) >= 11 is 0. The van der Waals surface area contributed by atoms with Crippen LogP contribution < -0.4 is 9.80 Å². The van der Waals surface area contributed by atoms with Gasteiger partial charge in [0.15, 0.2) is 0 Å². The summed E-state index contributed by atoms with van der Waals surface area (Å²) in [5.74, 6) is 0.323. The maximum absolute atomic E-state index is 13.9. The SMILES string of the molecule is CCCCN(C)c1ncc(C(=O)N2CCN(c3ccccc3F)CC2)cn1. The van der Waals surface area contributed by atoms with Gasteiger partial charge >= 0.3 is 0 Å². The van der Waals surface area contributed by atoms with Crippen molar-refractivity contribution in [3.05, 3.63) is 48.0 Å². The molecule has 0 bridgehead atoms. The Morgan fingerprint density at radius 1 is 1.15 bits per heavy atom. The first-order valence-corrected chi connectivity index (χ1v) is 9.42. The maximum atomic E-state index is 13.9. The number of rotatable bonds is 6. The second-order valence-corrected chi connectivity index (χ2v) is 6.78. The van der Waals surface area contributed by atoms with Gasteiger partial charge in [0.1, 0.15) is 5.82 Å². The Labute approximate surface area is 159 Å². The smallest absolute Gasteiger partial charge is 0.257 e. The van der Waals surface area contributed by atoms with Gasteiger partial charge in [-0.2, -0.15) is 0 Å². The van der Waals surface area contributed by atoms with Crippen LogP contribution in [-0.4, -0.2) is 60.5 Å². The topological polar surface area (TPSA) is 52.6 Å². The molecule has 0 radical (unpaired) electrons. The summed E-state index contributed by atoms with van der Waals surface area (Å²) in [6.45, 7) is 5.33. The molecule has 0 N–H and O–H groups in total. The van der Waals surface area contributed by atoms with Gasteiger partial charge in [-0.15, -0.1) is 0 Å². The van der Waals surface area contributed by atoms with Crippen molar-refractivity contribution >= 4 is 17.5 Å². The molecule has 0 spiro atoms. The fourth-order valence-electron chi connectivity index (χ4n) is 3.17. The number of hydrogen-bond donors (Lipinski definition) is 0. The van der Waals surface area contributed by atoms with Gasteiger partial charge in [-0.05, 0) is 18.6 Å². The predicted molar refractivity (Wildman–Crippen MR) is 105 cm³/mol. The number of carbonyl (C=O) groups is 1. The highest BCUT2D eigenvalue weighted by molar-refractivity contribution is 5.93. The van der Waals surface area contributed by atoms with Crippen molar-refractivity contribution in [2.75, 3.05) is 49.6 Å². The van der Waals surface area contributed by atoms with Gasteiger partial charge in [-0.1, -0.05) is 25.5 Å². The van der Waals surface area contributed by atoms with Gasteiger partial charge in [-0.3, -0.25) is 4.79 Å². The van der Waals surface area contributed by atoms with E-state index in [1.54, 1.807) is 29.4 Å². The van der Waals surface area contributed by atoms with E-state index in [-0.39, 0.29) is 11.7 Å². The number of carbonyl (C=O) groups excluding carboxylic acids is 1. The second kappa shape index (κ2) is 8.79. The number of piperazine rings is 1. The normalized spacial score (nSPS) is 14.3. The molecular weight excluding hydrogens is 345 g/mol. The van der Waals surface area contributed by atoms with Crippen LogP contribution in [-0.2, 0) is 0 Å². The van der Waals surface area contributed by atoms with Crippen LogP contribution in [0.1, 0.15) is 30.1 Å². The summed E-state index contributed by atoms with van der Waals surface area (Å²) in [6, 6.07) is 6.74. The van der Waals surface area contributed by atoms with E-state index in [0.717, 1.165) is 19.4 Å². The van der Waals surface area contributed by atoms with E-state index in [4.69, 9.17) is 0 Å². The number of para-hydroxylation sites is 1. The third kappa shape index (κ3) is 4.53. The van der Waals surface area contributed by atoms with Crippen molar-refractivity contribution in [1.29, 1.82) is 0 Å². The van der Waals surface area contributed by atoms with Crippen LogP contribution in [0.15, 0.2) is 36.7 Å². The standard InChI is InChI=1S/C20H26FN5O/c1-3-4-9-24(2)20-22-14-16(15-23-20)19(27)26-12-10-25(11-13-26)18-8-6-5-7-17(18)21/h5-8,14-15H,3-4,9-13H2,1-2H3. The van der Waals surface area contributed by atoms with Crippen LogP contribution in [0.25, 0.3) is 0 Å². The molecule has 0 atom stereocenters. The van der Waals surface area contributed by atoms with Crippen molar-refractivity contribution in [2.45, 2.75) is 19.8 Å². The highest BCUT2D eigenvalue weighted by Crippen LogP contribution is 2.20. The van der Waals surface area contributed by atoms with Crippen LogP contribution >= 0.6 is 0 Å². The van der Waals surface area contributed by atoms with Crippen LogP contribution in [0, 0.1) is 5.82 Å². The Kier molecular flexibility index (Phi) is 6.21. The number of unbranched alkanes of at least 4 members (excludes halogenated alkanes) is 1. The molecule has 0 unspecified atom stereocenters. The lowest BCUT2D eigenvalue weighted by atomic mass is 10.2. The van der Waals surface area contributed by atoms with E-state index in [0.29, 0.717) is 43.4 Å². The average molecular weight is 371 g/mol. The molecule has 3 rings (SSSR count). The molecule has 1 aliphatic rings. The van der Waals surface area contributed by atoms with Gasteiger partial charge in [0.2, 0.25) is 5.95 Å². The van der Waals surface area contributed by atoms with E-state index in [2.05, 4.69) is 16.9 Å². The number of benzene rings is 1. The van der Waals surface area contributed by atoms with Crippen molar-refractivity contribution in [1.82, 2.24) is 14.9 Å². The maximum Gasteiger partial charge on any atom is 0.257 e. The van der Waals surface area contributed by atoms with Crippen LogP contribution in [0.3, 0.4) is 0 Å². The van der Waals surface area contributed by atoms with E-state index >= 15 is 0 Å². The Hall–Kier alpha value is -2.70. The minimum absolute atomic E-state index is 0.0778. The van der Waals surface area contributed by atoms with Gasteiger partial charge in [-0.25, -0.2) is 14.4 Å². The quantitative estimate of drug-likeness (QED) is 0.782. The fraction of sp³-hybridized carbons (Fsp3) is 0.450. The summed E-state index contributed by atoms with van der Waals surface area (Å²) in [7, 11) is 1.95. The van der Waals surface area contributed by atoms with Crippen LogP contribution in [0.5, 0.6) is 0 Å². The monoisotopic (exact) mass is 371 g/mol. The van der Waals surface area contributed by atoms with Crippen LogP contribution in [0.4, 0.5) is 16.0 Å². The second-order valence-electron chi connectivity index (χ2n) is 6.78. The Morgan fingerprint density at radius 2 is 1.81 bits per heavy atom. The number of aromatic nitrogens is 2. The Morgan fingerprint density at radius 3 is 2.44 bits per heavy atom. The fourth-order valence-corrected chi connectivity index (χ4v) is 3.17. The molecule has 2 heterocycles.